The fourth-order valence-corrected chi connectivity index (χ4v) is 5.73. The summed E-state index contributed by atoms with van der Waals surface area (Å²) in [5.74, 6) is 0.214. The smallest absolute Gasteiger partial charge is 0.240 e. The molecule has 7 nitrogen and oxygen atoms in total. The second-order valence-corrected chi connectivity index (χ2v) is 10.8. The number of rotatable bonds is 7. The van der Waals surface area contributed by atoms with E-state index in [0.717, 1.165) is 54.4 Å². The Labute approximate surface area is 194 Å². The molecule has 3 N–H and O–H groups in total. The van der Waals surface area contributed by atoms with E-state index in [2.05, 4.69) is 20.3 Å². The summed E-state index contributed by atoms with van der Waals surface area (Å²) in [6.45, 7) is 2.33. The van der Waals surface area contributed by atoms with Crippen LogP contribution < -0.4 is 15.4 Å². The Hall–Kier alpha value is -2.81. The quantitative estimate of drug-likeness (QED) is 0.498. The Kier molecular flexibility index (Phi) is 6.14. The van der Waals surface area contributed by atoms with Gasteiger partial charge in [0, 0.05) is 35.9 Å². The topological polar surface area (TPSA) is 100 Å². The molecule has 3 aromatic rings. The number of amides is 1. The molecule has 2 atom stereocenters. The van der Waals surface area contributed by atoms with Crippen LogP contribution >= 0.6 is 0 Å². The van der Waals surface area contributed by atoms with E-state index in [0.29, 0.717) is 12.5 Å². The van der Waals surface area contributed by atoms with E-state index in [4.69, 9.17) is 0 Å². The summed E-state index contributed by atoms with van der Waals surface area (Å²) >= 11 is 0. The number of benzene rings is 2. The van der Waals surface area contributed by atoms with Gasteiger partial charge in [0.1, 0.15) is 0 Å². The van der Waals surface area contributed by atoms with Crippen LogP contribution in [0.15, 0.2) is 65.8 Å². The molecule has 1 amide bonds. The van der Waals surface area contributed by atoms with E-state index in [1.54, 1.807) is 30.6 Å². The van der Waals surface area contributed by atoms with Crippen molar-refractivity contribution in [1.29, 1.82) is 0 Å². The zero-order valence-electron chi connectivity index (χ0n) is 18.3. The van der Waals surface area contributed by atoms with Crippen molar-refractivity contribution in [2.75, 3.05) is 25.0 Å². The van der Waals surface area contributed by atoms with E-state index >= 15 is 0 Å². The summed E-state index contributed by atoms with van der Waals surface area (Å²) in [5.41, 5.74) is 1.65. The van der Waals surface area contributed by atoms with Gasteiger partial charge in [-0.3, -0.25) is 9.78 Å². The number of anilines is 1. The van der Waals surface area contributed by atoms with Gasteiger partial charge >= 0.3 is 0 Å². The lowest BCUT2D eigenvalue weighted by atomic mass is 9.99. The molecule has 0 unspecified atom stereocenters. The molecule has 2 fully saturated rings. The largest absolute Gasteiger partial charge is 0.326 e. The van der Waals surface area contributed by atoms with Gasteiger partial charge in [0.2, 0.25) is 15.9 Å². The number of pyridine rings is 1. The third-order valence-electron chi connectivity index (χ3n) is 6.65. The van der Waals surface area contributed by atoms with E-state index in [1.807, 2.05) is 30.3 Å². The third kappa shape index (κ3) is 5.08. The van der Waals surface area contributed by atoms with Gasteiger partial charge in [-0.1, -0.05) is 18.2 Å². The number of carbonyl (C=O) groups is 1. The molecule has 1 aromatic heterocycles. The maximum Gasteiger partial charge on any atom is 0.240 e. The molecular weight excluding hydrogens is 436 g/mol. The number of nitrogens with zero attached hydrogens (tertiary/aromatic N) is 1. The van der Waals surface area contributed by atoms with Crippen LogP contribution in [0.1, 0.15) is 30.7 Å². The summed E-state index contributed by atoms with van der Waals surface area (Å²) < 4.78 is 28.4. The average molecular weight is 465 g/mol. The highest BCUT2D eigenvalue weighted by molar-refractivity contribution is 7.89. The Bertz CT molecular complexity index is 1270. The van der Waals surface area contributed by atoms with E-state index in [1.165, 1.54) is 0 Å². The van der Waals surface area contributed by atoms with Gasteiger partial charge in [-0.05, 0) is 85.5 Å². The first kappa shape index (κ1) is 22.0. The predicted octanol–water partition coefficient (Wildman–Crippen LogP) is 3.25. The Morgan fingerprint density at radius 1 is 1.06 bits per heavy atom. The molecule has 33 heavy (non-hydrogen) atoms. The van der Waals surface area contributed by atoms with Crippen LogP contribution in [0.3, 0.4) is 0 Å². The first-order valence-corrected chi connectivity index (χ1v) is 12.9. The molecule has 0 radical (unpaired) electrons. The summed E-state index contributed by atoms with van der Waals surface area (Å²) in [5, 5.41) is 8.33. The first-order valence-electron chi connectivity index (χ1n) is 11.4. The van der Waals surface area contributed by atoms with Crippen LogP contribution in [0.25, 0.3) is 10.8 Å². The van der Waals surface area contributed by atoms with Crippen LogP contribution in [0.4, 0.5) is 5.69 Å². The van der Waals surface area contributed by atoms with Crippen molar-refractivity contribution in [3.63, 3.8) is 0 Å². The van der Waals surface area contributed by atoms with Gasteiger partial charge in [-0.25, -0.2) is 13.1 Å². The van der Waals surface area contributed by atoms with Gasteiger partial charge in [0.25, 0.3) is 0 Å². The summed E-state index contributed by atoms with van der Waals surface area (Å²) in [6.07, 6.45) is 6.20. The predicted molar refractivity (Wildman–Crippen MR) is 128 cm³/mol. The van der Waals surface area contributed by atoms with Gasteiger partial charge < -0.3 is 10.6 Å². The lowest BCUT2D eigenvalue weighted by Crippen LogP contribution is -2.36. The third-order valence-corrected chi connectivity index (χ3v) is 8.07. The van der Waals surface area contributed by atoms with Crippen LogP contribution in [-0.4, -0.2) is 38.9 Å². The molecule has 8 heteroatoms. The zero-order valence-corrected chi connectivity index (χ0v) is 19.1. The normalized spacial score (nSPS) is 21.1. The molecule has 2 heterocycles. The number of aromatic nitrogens is 1. The number of hydrogen-bond donors (Lipinski definition) is 3. The minimum atomic E-state index is -3.57. The molecule has 1 aliphatic carbocycles. The number of nitrogens with one attached hydrogen (secondary N) is 3. The fraction of sp³-hybridized carbons (Fsp3) is 0.360. The maximum atomic E-state index is 12.8. The summed E-state index contributed by atoms with van der Waals surface area (Å²) in [4.78, 5) is 17.2. The molecule has 2 aliphatic rings. The van der Waals surface area contributed by atoms with Crippen LogP contribution in [0.5, 0.6) is 0 Å². The lowest BCUT2D eigenvalue weighted by molar-refractivity contribution is -0.117. The Morgan fingerprint density at radius 2 is 1.91 bits per heavy atom. The highest BCUT2D eigenvalue weighted by Gasteiger charge is 2.44. The van der Waals surface area contributed by atoms with Crippen molar-refractivity contribution in [3.05, 3.63) is 66.5 Å². The van der Waals surface area contributed by atoms with Crippen LogP contribution in [0, 0.1) is 11.8 Å². The Morgan fingerprint density at radius 3 is 2.76 bits per heavy atom. The lowest BCUT2D eigenvalue weighted by Gasteiger charge is -2.22. The van der Waals surface area contributed by atoms with Crippen molar-refractivity contribution in [2.24, 2.45) is 11.8 Å². The van der Waals surface area contributed by atoms with Crippen LogP contribution in [-0.2, 0) is 14.8 Å². The Balaban J connectivity index is 1.22. The fourth-order valence-electron chi connectivity index (χ4n) is 4.56. The minimum absolute atomic E-state index is 0.0363. The molecule has 5 rings (SSSR count). The molecule has 0 spiro atoms. The van der Waals surface area contributed by atoms with Crippen molar-refractivity contribution in [2.45, 2.75) is 30.1 Å². The second-order valence-electron chi connectivity index (χ2n) is 8.99. The number of sulfonamides is 1. The molecule has 2 aromatic carbocycles. The van der Waals surface area contributed by atoms with E-state index < -0.39 is 10.0 Å². The zero-order chi connectivity index (χ0) is 22.8. The van der Waals surface area contributed by atoms with E-state index in [-0.39, 0.29) is 22.6 Å². The monoisotopic (exact) mass is 464 g/mol. The van der Waals surface area contributed by atoms with Gasteiger partial charge in [-0.15, -0.1) is 0 Å². The highest BCUT2D eigenvalue weighted by atomic mass is 32.2. The average Bonchev–Trinajstić information content (AvgIpc) is 3.65. The minimum Gasteiger partial charge on any atom is -0.326 e. The standard InChI is InChI=1S/C25H28N4O3S/c30-25(29-21-5-4-20-16-27-11-8-18(20)12-21)24-14-23(24)19-2-1-3-22(13-19)33(31,32)28-15-17-6-9-26-10-7-17/h1-5,8,11-13,16-17,23-24,26,28H,6-7,9-10,14-15H2,(H,29,30)/t23-,24+/m0/s1. The number of fused-ring (bicyclic) bond motifs is 1. The van der Waals surface area contributed by atoms with Gasteiger partial charge in [-0.2, -0.15) is 0 Å². The number of piperidine rings is 1. The van der Waals surface area contributed by atoms with Crippen molar-refractivity contribution in [1.82, 2.24) is 15.0 Å². The first-order chi connectivity index (χ1) is 16.0. The molecule has 1 saturated heterocycles. The van der Waals surface area contributed by atoms with Crippen molar-refractivity contribution >= 4 is 32.4 Å². The van der Waals surface area contributed by atoms with Gasteiger partial charge in [0.05, 0.1) is 4.90 Å². The maximum absolute atomic E-state index is 12.8. The van der Waals surface area contributed by atoms with Crippen molar-refractivity contribution in [3.8, 4) is 0 Å². The SMILES string of the molecule is O=C(Nc1ccc2cnccc2c1)[C@@H]1C[C@H]1c1cccc(S(=O)(=O)NCC2CCNCC2)c1. The molecule has 172 valence electrons. The molecular formula is C25H28N4O3S. The number of carbonyl (C=O) groups excluding carboxylic acids is 1. The number of hydrogen-bond acceptors (Lipinski definition) is 5. The molecule has 0 bridgehead atoms. The van der Waals surface area contributed by atoms with Crippen LogP contribution in [0.2, 0.25) is 0 Å². The van der Waals surface area contributed by atoms with Gasteiger partial charge in [0.15, 0.2) is 0 Å². The molecule has 1 aliphatic heterocycles. The van der Waals surface area contributed by atoms with Crippen molar-refractivity contribution < 1.29 is 13.2 Å². The van der Waals surface area contributed by atoms with E-state index in [9.17, 15) is 13.2 Å². The highest BCUT2D eigenvalue weighted by Crippen LogP contribution is 2.48. The molecule has 1 saturated carbocycles. The second kappa shape index (κ2) is 9.21. The summed E-state index contributed by atoms with van der Waals surface area (Å²) in [6, 6.07) is 14.7. The summed E-state index contributed by atoms with van der Waals surface area (Å²) in [7, 11) is -3.57.